The van der Waals surface area contributed by atoms with Crippen molar-refractivity contribution in [3.05, 3.63) is 71.8 Å². The van der Waals surface area contributed by atoms with Gasteiger partial charge in [0.1, 0.15) is 11.6 Å². The summed E-state index contributed by atoms with van der Waals surface area (Å²) in [4.78, 5) is 0. The van der Waals surface area contributed by atoms with Crippen LogP contribution in [-0.2, 0) is 6.54 Å². The first kappa shape index (κ1) is 13.9. The van der Waals surface area contributed by atoms with Gasteiger partial charge in [0.15, 0.2) is 0 Å². The van der Waals surface area contributed by atoms with Crippen LogP contribution in [0.5, 0.6) is 5.75 Å². The Morgan fingerprint density at radius 3 is 2.55 bits per heavy atom. The van der Waals surface area contributed by atoms with E-state index in [1.807, 2.05) is 60.7 Å². The summed E-state index contributed by atoms with van der Waals surface area (Å²) in [6.07, 6.45) is 3.67. The summed E-state index contributed by atoms with van der Waals surface area (Å²) in [7, 11) is 1.65. The molecule has 0 aliphatic heterocycles. The monoisotopic (exact) mass is 266 g/mol. The highest BCUT2D eigenvalue weighted by Crippen LogP contribution is 2.16. The molecule has 0 spiro atoms. The van der Waals surface area contributed by atoms with Crippen LogP contribution in [0.1, 0.15) is 11.1 Å². The molecule has 20 heavy (non-hydrogen) atoms. The Bertz CT molecular complexity index is 591. The summed E-state index contributed by atoms with van der Waals surface area (Å²) in [5.74, 6) is 1.21. The molecule has 0 radical (unpaired) electrons. The van der Waals surface area contributed by atoms with Crippen LogP contribution < -0.4 is 10.1 Å². The molecule has 0 aliphatic rings. The predicted molar refractivity (Wildman–Crippen MR) is 83.0 cm³/mol. The Morgan fingerprint density at radius 1 is 1.10 bits per heavy atom. The zero-order valence-electron chi connectivity index (χ0n) is 11.5. The van der Waals surface area contributed by atoms with Crippen molar-refractivity contribution in [2.75, 3.05) is 7.11 Å². The fourth-order valence-corrected chi connectivity index (χ4v) is 1.84. The number of benzene rings is 2. The first-order chi connectivity index (χ1) is 9.79. The molecule has 0 bridgehead atoms. The summed E-state index contributed by atoms with van der Waals surface area (Å²) < 4.78 is 5.28. The number of amidine groups is 1. The molecule has 0 unspecified atom stereocenters. The number of hydrogen-bond donors (Lipinski definition) is 2. The lowest BCUT2D eigenvalue weighted by atomic mass is 10.2. The summed E-state index contributed by atoms with van der Waals surface area (Å²) in [6, 6.07) is 17.7. The molecule has 0 atom stereocenters. The average molecular weight is 266 g/mol. The van der Waals surface area contributed by atoms with Crippen LogP contribution in [-0.4, -0.2) is 12.9 Å². The van der Waals surface area contributed by atoms with Gasteiger partial charge >= 0.3 is 0 Å². The van der Waals surface area contributed by atoms with Crippen molar-refractivity contribution in [3.8, 4) is 5.75 Å². The lowest BCUT2D eigenvalue weighted by molar-refractivity contribution is 0.409. The predicted octanol–water partition coefficient (Wildman–Crippen LogP) is 3.48. The van der Waals surface area contributed by atoms with Crippen LogP contribution in [0.15, 0.2) is 60.7 Å². The maximum Gasteiger partial charge on any atom is 0.123 e. The third kappa shape index (κ3) is 3.99. The second kappa shape index (κ2) is 7.14. The molecular weight excluding hydrogens is 248 g/mol. The van der Waals surface area contributed by atoms with Crippen molar-refractivity contribution in [3.63, 3.8) is 0 Å². The Labute approximate surface area is 119 Å². The zero-order chi connectivity index (χ0) is 14.2. The van der Waals surface area contributed by atoms with E-state index in [9.17, 15) is 0 Å². The number of methoxy groups -OCH3 is 1. The summed E-state index contributed by atoms with van der Waals surface area (Å²) in [5, 5.41) is 10.9. The van der Waals surface area contributed by atoms with Gasteiger partial charge in [-0.05, 0) is 17.7 Å². The molecule has 2 rings (SSSR count). The second-order valence-electron chi connectivity index (χ2n) is 4.32. The molecular formula is C17H18N2O. The lowest BCUT2D eigenvalue weighted by Crippen LogP contribution is -2.19. The first-order valence-corrected chi connectivity index (χ1v) is 6.47. The van der Waals surface area contributed by atoms with E-state index in [0.29, 0.717) is 12.4 Å². The molecule has 0 fully saturated rings. The number of ether oxygens (including phenoxy) is 1. The van der Waals surface area contributed by atoms with E-state index >= 15 is 0 Å². The first-order valence-electron chi connectivity index (χ1n) is 6.47. The van der Waals surface area contributed by atoms with Crippen molar-refractivity contribution in [2.24, 2.45) is 0 Å². The van der Waals surface area contributed by atoms with Gasteiger partial charge in [-0.25, -0.2) is 0 Å². The normalized spacial score (nSPS) is 10.4. The number of para-hydroxylation sites is 1. The minimum Gasteiger partial charge on any atom is -0.496 e. The van der Waals surface area contributed by atoms with Gasteiger partial charge in [0.2, 0.25) is 0 Å². The molecule has 2 aromatic carbocycles. The smallest absolute Gasteiger partial charge is 0.123 e. The fourth-order valence-electron chi connectivity index (χ4n) is 1.84. The lowest BCUT2D eigenvalue weighted by Gasteiger charge is -2.09. The molecule has 2 aromatic rings. The van der Waals surface area contributed by atoms with Crippen molar-refractivity contribution in [2.45, 2.75) is 6.54 Å². The van der Waals surface area contributed by atoms with Crippen LogP contribution in [0.25, 0.3) is 6.08 Å². The highest BCUT2D eigenvalue weighted by Gasteiger charge is 2.01. The van der Waals surface area contributed by atoms with Gasteiger partial charge in [-0.2, -0.15) is 0 Å². The standard InChI is InChI=1S/C17H18N2O/c1-20-16-10-6-5-9-15(16)13-19-17(18)12-11-14-7-3-2-4-8-14/h2-12H,13H2,1H3,(H2,18,19). The van der Waals surface area contributed by atoms with Gasteiger partial charge in [-0.1, -0.05) is 54.6 Å². The maximum absolute atomic E-state index is 7.88. The van der Waals surface area contributed by atoms with E-state index in [1.54, 1.807) is 13.2 Å². The van der Waals surface area contributed by atoms with Crippen LogP contribution in [0.2, 0.25) is 0 Å². The van der Waals surface area contributed by atoms with Gasteiger partial charge in [0.05, 0.1) is 7.11 Å². The van der Waals surface area contributed by atoms with Gasteiger partial charge in [0, 0.05) is 12.1 Å². The fraction of sp³-hybridized carbons (Fsp3) is 0.118. The highest BCUT2D eigenvalue weighted by atomic mass is 16.5. The zero-order valence-corrected chi connectivity index (χ0v) is 11.5. The minimum atomic E-state index is 0.375. The molecule has 0 saturated heterocycles. The maximum atomic E-state index is 7.88. The molecule has 3 nitrogen and oxygen atoms in total. The third-order valence-corrected chi connectivity index (χ3v) is 2.90. The van der Waals surface area contributed by atoms with E-state index in [0.717, 1.165) is 16.9 Å². The van der Waals surface area contributed by atoms with Crippen molar-refractivity contribution in [1.82, 2.24) is 5.32 Å². The van der Waals surface area contributed by atoms with Crippen LogP contribution in [0.4, 0.5) is 0 Å². The number of rotatable bonds is 5. The SMILES string of the molecule is COc1ccccc1CNC(=N)C=Cc1ccccc1. The number of hydrogen-bond acceptors (Lipinski definition) is 2. The van der Waals surface area contributed by atoms with Gasteiger partial charge in [-0.3, -0.25) is 5.41 Å². The second-order valence-corrected chi connectivity index (χ2v) is 4.32. The van der Waals surface area contributed by atoms with Gasteiger partial charge in [-0.15, -0.1) is 0 Å². The molecule has 3 heteroatoms. The topological polar surface area (TPSA) is 45.1 Å². The van der Waals surface area contributed by atoms with E-state index < -0.39 is 0 Å². The average Bonchev–Trinajstić information content (AvgIpc) is 2.52. The van der Waals surface area contributed by atoms with E-state index in [2.05, 4.69) is 5.32 Å². The van der Waals surface area contributed by atoms with Crippen molar-refractivity contribution >= 4 is 11.9 Å². The van der Waals surface area contributed by atoms with Gasteiger partial charge in [0.25, 0.3) is 0 Å². The van der Waals surface area contributed by atoms with E-state index in [-0.39, 0.29) is 0 Å². The molecule has 0 heterocycles. The third-order valence-electron chi connectivity index (χ3n) is 2.90. The Morgan fingerprint density at radius 2 is 1.80 bits per heavy atom. The molecule has 0 saturated carbocycles. The quantitative estimate of drug-likeness (QED) is 0.643. The molecule has 2 N–H and O–H groups in total. The van der Waals surface area contributed by atoms with Crippen molar-refractivity contribution < 1.29 is 4.74 Å². The molecule has 0 aliphatic carbocycles. The summed E-state index contributed by atoms with van der Waals surface area (Å²) in [6.45, 7) is 0.571. The highest BCUT2D eigenvalue weighted by molar-refractivity contribution is 5.93. The van der Waals surface area contributed by atoms with Crippen molar-refractivity contribution in [1.29, 1.82) is 5.41 Å². The Balaban J connectivity index is 1.91. The summed E-state index contributed by atoms with van der Waals surface area (Å²) >= 11 is 0. The van der Waals surface area contributed by atoms with Crippen LogP contribution >= 0.6 is 0 Å². The van der Waals surface area contributed by atoms with Crippen LogP contribution in [0.3, 0.4) is 0 Å². The van der Waals surface area contributed by atoms with Crippen LogP contribution in [0, 0.1) is 5.41 Å². The molecule has 0 amide bonds. The Kier molecular flexibility index (Phi) is 4.95. The van der Waals surface area contributed by atoms with Gasteiger partial charge < -0.3 is 10.1 Å². The molecule has 0 aromatic heterocycles. The molecule has 102 valence electrons. The largest absolute Gasteiger partial charge is 0.496 e. The Hall–Kier alpha value is -2.55. The minimum absolute atomic E-state index is 0.375. The summed E-state index contributed by atoms with van der Waals surface area (Å²) in [5.41, 5.74) is 2.12. The van der Waals surface area contributed by atoms with E-state index in [4.69, 9.17) is 10.1 Å². The number of nitrogens with one attached hydrogen (secondary N) is 2. The van der Waals surface area contributed by atoms with E-state index in [1.165, 1.54) is 0 Å².